The number of rotatable bonds is 9. The Kier molecular flexibility index (Phi) is 8.30. The third-order valence-electron chi connectivity index (χ3n) is 7.62. The van der Waals surface area contributed by atoms with Crippen molar-refractivity contribution in [3.63, 3.8) is 0 Å². The molecule has 0 radical (unpaired) electrons. The van der Waals surface area contributed by atoms with Crippen LogP contribution in [0.25, 0.3) is 10.2 Å². The predicted molar refractivity (Wildman–Crippen MR) is 153 cm³/mol. The van der Waals surface area contributed by atoms with Crippen LogP contribution in [0.2, 0.25) is 0 Å². The van der Waals surface area contributed by atoms with E-state index in [0.29, 0.717) is 28.3 Å². The molecule has 204 valence electrons. The molecule has 0 unspecified atom stereocenters. The molecule has 0 bridgehead atoms. The average molecular weight is 557 g/mol. The second kappa shape index (κ2) is 11.7. The van der Waals surface area contributed by atoms with Gasteiger partial charge in [0.25, 0.3) is 5.56 Å². The molecule has 8 nitrogen and oxygen atoms in total. The van der Waals surface area contributed by atoms with Crippen molar-refractivity contribution in [3.8, 4) is 0 Å². The maximum absolute atomic E-state index is 13.9. The summed E-state index contributed by atoms with van der Waals surface area (Å²) in [6, 6.07) is 0. The maximum Gasteiger partial charge on any atom is 0.341 e. The van der Waals surface area contributed by atoms with Gasteiger partial charge in [0.05, 0.1) is 24.1 Å². The van der Waals surface area contributed by atoms with Crippen LogP contribution in [-0.4, -0.2) is 46.0 Å². The van der Waals surface area contributed by atoms with Crippen molar-refractivity contribution in [1.82, 2.24) is 14.5 Å². The monoisotopic (exact) mass is 556 g/mol. The minimum absolute atomic E-state index is 0.136. The fraction of sp³-hybridized carbons (Fsp3) is 0.571. The highest BCUT2D eigenvalue weighted by Crippen LogP contribution is 2.39. The fourth-order valence-corrected chi connectivity index (χ4v) is 8.16. The quantitative estimate of drug-likeness (QED) is 0.376. The van der Waals surface area contributed by atoms with Gasteiger partial charge in [-0.05, 0) is 82.5 Å². The number of nitrogens with one attached hydrogen (secondary N) is 1. The summed E-state index contributed by atoms with van der Waals surface area (Å²) < 4.78 is 6.89. The van der Waals surface area contributed by atoms with Crippen LogP contribution in [0, 0.1) is 0 Å². The van der Waals surface area contributed by atoms with Crippen LogP contribution in [0.5, 0.6) is 0 Å². The van der Waals surface area contributed by atoms with Gasteiger partial charge in [0, 0.05) is 9.75 Å². The molecule has 2 aliphatic rings. The van der Waals surface area contributed by atoms with Crippen LogP contribution in [0.1, 0.15) is 83.5 Å². The van der Waals surface area contributed by atoms with E-state index in [1.165, 1.54) is 16.2 Å². The van der Waals surface area contributed by atoms with E-state index < -0.39 is 5.97 Å². The summed E-state index contributed by atoms with van der Waals surface area (Å²) in [6.45, 7) is 8.21. The topological polar surface area (TPSA) is 93.5 Å². The van der Waals surface area contributed by atoms with Crippen molar-refractivity contribution in [1.29, 1.82) is 0 Å². The van der Waals surface area contributed by atoms with Crippen LogP contribution in [0.4, 0.5) is 5.00 Å². The van der Waals surface area contributed by atoms with E-state index in [0.717, 1.165) is 85.3 Å². The van der Waals surface area contributed by atoms with Crippen LogP contribution >= 0.6 is 22.7 Å². The van der Waals surface area contributed by atoms with Gasteiger partial charge in [-0.3, -0.25) is 19.1 Å². The van der Waals surface area contributed by atoms with Gasteiger partial charge in [-0.2, -0.15) is 0 Å². The Morgan fingerprint density at radius 1 is 0.974 bits per heavy atom. The molecule has 0 aliphatic heterocycles. The van der Waals surface area contributed by atoms with Crippen molar-refractivity contribution in [2.75, 3.05) is 25.0 Å². The minimum atomic E-state index is -0.394. The van der Waals surface area contributed by atoms with Gasteiger partial charge in [-0.25, -0.2) is 9.78 Å². The second-order valence-corrected chi connectivity index (χ2v) is 12.1. The molecule has 38 heavy (non-hydrogen) atoms. The zero-order valence-corrected chi connectivity index (χ0v) is 24.1. The number of hydrogen-bond acceptors (Lipinski definition) is 8. The first-order chi connectivity index (χ1) is 18.4. The molecule has 0 atom stereocenters. The third kappa shape index (κ3) is 5.18. The van der Waals surface area contributed by atoms with Gasteiger partial charge < -0.3 is 10.1 Å². The van der Waals surface area contributed by atoms with E-state index in [1.807, 2.05) is 0 Å². The van der Waals surface area contributed by atoms with Gasteiger partial charge in [0.2, 0.25) is 5.91 Å². The molecule has 0 fully saturated rings. The second-order valence-electron chi connectivity index (χ2n) is 9.96. The number of carbonyl (C=O) groups is 2. The molecule has 3 aromatic heterocycles. The molecule has 10 heteroatoms. The Morgan fingerprint density at radius 2 is 1.63 bits per heavy atom. The number of anilines is 1. The third-order valence-corrected chi connectivity index (χ3v) is 10.0. The summed E-state index contributed by atoms with van der Waals surface area (Å²) in [7, 11) is 0. The van der Waals surface area contributed by atoms with Crippen molar-refractivity contribution in [3.05, 3.63) is 42.6 Å². The number of fused-ring (bicyclic) bond motifs is 4. The van der Waals surface area contributed by atoms with E-state index in [2.05, 4.69) is 24.1 Å². The molecular weight excluding hydrogens is 520 g/mol. The van der Waals surface area contributed by atoms with Crippen molar-refractivity contribution >= 4 is 49.8 Å². The van der Waals surface area contributed by atoms with Gasteiger partial charge in [-0.15, -0.1) is 22.7 Å². The fourth-order valence-electron chi connectivity index (χ4n) is 5.59. The lowest BCUT2D eigenvalue weighted by Crippen LogP contribution is -2.34. The number of hydrogen-bond donors (Lipinski definition) is 1. The summed E-state index contributed by atoms with van der Waals surface area (Å²) in [4.78, 5) is 50.6. The molecule has 2 aliphatic carbocycles. The molecule has 3 heterocycles. The number of aromatic nitrogens is 2. The molecular formula is C28H36N4O4S2. The molecule has 1 N–H and O–H groups in total. The lowest BCUT2D eigenvalue weighted by atomic mass is 9.95. The standard InChI is InChI=1S/C28H36N4O4S2/c1-4-31(5-2)15-21-29-25-23(17-11-7-9-13-19(17)37-25)27(34)32(21)16-22(33)30-26-24(28(35)36-6-3)18-12-8-10-14-20(18)38-26/h4-16H2,1-3H3,(H,30,33). The van der Waals surface area contributed by atoms with Gasteiger partial charge >= 0.3 is 5.97 Å². The first kappa shape index (κ1) is 27.0. The highest BCUT2D eigenvalue weighted by Gasteiger charge is 2.28. The summed E-state index contributed by atoms with van der Waals surface area (Å²) in [5, 5.41) is 4.18. The van der Waals surface area contributed by atoms with E-state index in [9.17, 15) is 14.4 Å². The number of amides is 1. The zero-order valence-electron chi connectivity index (χ0n) is 22.5. The Hall–Kier alpha value is -2.56. The minimum Gasteiger partial charge on any atom is -0.462 e. The van der Waals surface area contributed by atoms with Crippen LogP contribution < -0.4 is 10.9 Å². The van der Waals surface area contributed by atoms with Gasteiger partial charge in [-0.1, -0.05) is 13.8 Å². The summed E-state index contributed by atoms with van der Waals surface area (Å²) >= 11 is 3.09. The summed E-state index contributed by atoms with van der Waals surface area (Å²) in [5.74, 6) is -0.118. The van der Waals surface area contributed by atoms with E-state index in [-0.39, 0.29) is 24.6 Å². The first-order valence-electron chi connectivity index (χ1n) is 13.8. The molecule has 0 aromatic carbocycles. The van der Waals surface area contributed by atoms with E-state index in [4.69, 9.17) is 9.72 Å². The number of esters is 1. The Balaban J connectivity index is 1.51. The average Bonchev–Trinajstić information content (AvgIpc) is 3.47. The van der Waals surface area contributed by atoms with Crippen molar-refractivity contribution in [2.45, 2.75) is 85.2 Å². The number of ether oxygens (including phenoxy) is 1. The van der Waals surface area contributed by atoms with E-state index in [1.54, 1.807) is 22.8 Å². The number of aryl methyl sites for hydroxylation is 3. The van der Waals surface area contributed by atoms with Crippen molar-refractivity contribution < 1.29 is 14.3 Å². The molecule has 0 spiro atoms. The summed E-state index contributed by atoms with van der Waals surface area (Å²) in [5.41, 5.74) is 2.47. The van der Waals surface area contributed by atoms with Gasteiger partial charge in [0.1, 0.15) is 22.2 Å². The zero-order chi connectivity index (χ0) is 26.8. The summed E-state index contributed by atoms with van der Waals surface area (Å²) in [6.07, 6.45) is 7.88. The lowest BCUT2D eigenvalue weighted by molar-refractivity contribution is -0.116. The van der Waals surface area contributed by atoms with Crippen molar-refractivity contribution in [2.24, 2.45) is 0 Å². The van der Waals surface area contributed by atoms with Gasteiger partial charge in [0.15, 0.2) is 0 Å². The molecule has 0 saturated carbocycles. The molecule has 3 aromatic rings. The maximum atomic E-state index is 13.9. The number of thiophene rings is 2. The molecule has 5 rings (SSSR count). The Bertz CT molecular complexity index is 1420. The lowest BCUT2D eigenvalue weighted by Gasteiger charge is -2.20. The normalized spacial score (nSPS) is 14.9. The smallest absolute Gasteiger partial charge is 0.341 e. The van der Waals surface area contributed by atoms with E-state index >= 15 is 0 Å². The highest BCUT2D eigenvalue weighted by atomic mass is 32.1. The largest absolute Gasteiger partial charge is 0.462 e. The van der Waals surface area contributed by atoms with Crippen LogP contribution in [-0.2, 0) is 48.3 Å². The highest BCUT2D eigenvalue weighted by molar-refractivity contribution is 7.18. The van der Waals surface area contributed by atoms with Crippen LogP contribution in [0.3, 0.4) is 0 Å². The Labute approximate surface area is 231 Å². The SMILES string of the molecule is CCOC(=O)c1c(NC(=O)Cn2c(CN(CC)CC)nc3sc4c(c3c2=O)CCCC4)sc2c1CCCC2. The molecule has 0 saturated heterocycles. The molecule has 1 amide bonds. The predicted octanol–water partition coefficient (Wildman–Crippen LogP) is 4.93. The Morgan fingerprint density at radius 3 is 2.32 bits per heavy atom. The number of carbonyl (C=O) groups excluding carboxylic acids is 2. The first-order valence-corrected chi connectivity index (χ1v) is 15.5. The van der Waals surface area contributed by atoms with Crippen LogP contribution in [0.15, 0.2) is 4.79 Å². The number of nitrogens with zero attached hydrogens (tertiary/aromatic N) is 3.